The molecule has 1 aliphatic rings. The Bertz CT molecular complexity index is 414. The van der Waals surface area contributed by atoms with Crippen molar-refractivity contribution < 1.29 is 13.2 Å². The monoisotopic (exact) mass is 257 g/mol. The van der Waals surface area contributed by atoms with Crippen LogP contribution < -0.4 is 5.32 Å². The zero-order valence-electron chi connectivity index (χ0n) is 10.6. The Morgan fingerprint density at radius 2 is 1.94 bits per heavy atom. The van der Waals surface area contributed by atoms with E-state index in [0.717, 1.165) is 6.42 Å². The summed E-state index contributed by atoms with van der Waals surface area (Å²) in [6, 6.07) is 5.73. The van der Waals surface area contributed by atoms with Crippen LogP contribution in [0.4, 0.5) is 13.2 Å². The van der Waals surface area contributed by atoms with Gasteiger partial charge in [0.25, 0.3) is 0 Å². The van der Waals surface area contributed by atoms with E-state index in [1.165, 1.54) is 12.1 Å². The quantitative estimate of drug-likeness (QED) is 0.859. The third-order valence-electron chi connectivity index (χ3n) is 3.63. The van der Waals surface area contributed by atoms with Gasteiger partial charge in [-0.1, -0.05) is 32.0 Å². The molecule has 3 unspecified atom stereocenters. The Morgan fingerprint density at radius 3 is 2.44 bits per heavy atom. The van der Waals surface area contributed by atoms with Gasteiger partial charge in [0.15, 0.2) is 0 Å². The van der Waals surface area contributed by atoms with E-state index in [1.807, 2.05) is 6.92 Å². The SMILES string of the molecule is CCNC(c1ccccc1C(F)(F)F)C1CC1C. The molecule has 0 radical (unpaired) electrons. The topological polar surface area (TPSA) is 12.0 Å². The highest BCUT2D eigenvalue weighted by Crippen LogP contribution is 2.49. The molecule has 100 valence electrons. The standard InChI is InChI=1S/C14H18F3N/c1-3-18-13(11-8-9(11)2)10-6-4-5-7-12(10)14(15,16)17/h4-7,9,11,13,18H,3,8H2,1-2H3. The van der Waals surface area contributed by atoms with Gasteiger partial charge in [0.05, 0.1) is 5.56 Å². The first-order valence-corrected chi connectivity index (χ1v) is 6.34. The van der Waals surface area contributed by atoms with Crippen molar-refractivity contribution in [2.75, 3.05) is 6.54 Å². The average Bonchev–Trinajstić information content (AvgIpc) is 3.02. The number of rotatable bonds is 4. The number of alkyl halides is 3. The van der Waals surface area contributed by atoms with Gasteiger partial charge < -0.3 is 5.32 Å². The molecule has 1 N–H and O–H groups in total. The zero-order valence-corrected chi connectivity index (χ0v) is 10.6. The molecule has 1 nitrogen and oxygen atoms in total. The maximum atomic E-state index is 13.0. The van der Waals surface area contributed by atoms with Crippen molar-refractivity contribution in [2.45, 2.75) is 32.5 Å². The molecule has 0 aliphatic heterocycles. The molecule has 0 saturated heterocycles. The Hall–Kier alpha value is -1.03. The molecule has 18 heavy (non-hydrogen) atoms. The van der Waals surface area contributed by atoms with E-state index in [4.69, 9.17) is 0 Å². The van der Waals surface area contributed by atoms with E-state index in [0.29, 0.717) is 23.9 Å². The van der Waals surface area contributed by atoms with E-state index in [9.17, 15) is 13.2 Å². The predicted molar refractivity (Wildman–Crippen MR) is 65.1 cm³/mol. The molecule has 3 atom stereocenters. The molecule has 1 aliphatic carbocycles. The van der Waals surface area contributed by atoms with E-state index in [2.05, 4.69) is 12.2 Å². The van der Waals surface area contributed by atoms with Crippen LogP contribution in [0.25, 0.3) is 0 Å². The molecule has 1 saturated carbocycles. The highest BCUT2D eigenvalue weighted by Gasteiger charge is 2.43. The molecule has 1 aromatic carbocycles. The van der Waals surface area contributed by atoms with E-state index in [-0.39, 0.29) is 6.04 Å². The Morgan fingerprint density at radius 1 is 1.33 bits per heavy atom. The predicted octanol–water partition coefficient (Wildman–Crippen LogP) is 4.01. The van der Waals surface area contributed by atoms with Gasteiger partial charge in [-0.2, -0.15) is 13.2 Å². The van der Waals surface area contributed by atoms with Crippen LogP contribution in [-0.2, 0) is 6.18 Å². The van der Waals surface area contributed by atoms with Crippen LogP contribution >= 0.6 is 0 Å². The molecular weight excluding hydrogens is 239 g/mol. The number of hydrogen-bond donors (Lipinski definition) is 1. The molecule has 4 heteroatoms. The van der Waals surface area contributed by atoms with Crippen LogP contribution in [0, 0.1) is 11.8 Å². The van der Waals surface area contributed by atoms with Crippen molar-refractivity contribution in [3.63, 3.8) is 0 Å². The van der Waals surface area contributed by atoms with Crippen LogP contribution in [0.15, 0.2) is 24.3 Å². The third kappa shape index (κ3) is 2.69. The summed E-state index contributed by atoms with van der Waals surface area (Å²) in [7, 11) is 0. The second-order valence-corrected chi connectivity index (χ2v) is 5.00. The van der Waals surface area contributed by atoms with Gasteiger partial charge in [-0.3, -0.25) is 0 Å². The van der Waals surface area contributed by atoms with Gasteiger partial charge in [0, 0.05) is 6.04 Å². The lowest BCUT2D eigenvalue weighted by Crippen LogP contribution is -2.26. The Labute approximate surface area is 105 Å². The molecule has 2 rings (SSSR count). The fraction of sp³-hybridized carbons (Fsp3) is 0.571. The summed E-state index contributed by atoms with van der Waals surface area (Å²) < 4.78 is 39.0. The van der Waals surface area contributed by atoms with Crippen molar-refractivity contribution >= 4 is 0 Å². The second-order valence-electron chi connectivity index (χ2n) is 5.00. The lowest BCUT2D eigenvalue weighted by Gasteiger charge is -2.22. The zero-order chi connectivity index (χ0) is 13.3. The summed E-state index contributed by atoms with van der Waals surface area (Å²) in [4.78, 5) is 0. The van der Waals surface area contributed by atoms with Crippen molar-refractivity contribution in [1.82, 2.24) is 5.32 Å². The number of hydrogen-bond acceptors (Lipinski definition) is 1. The van der Waals surface area contributed by atoms with Gasteiger partial charge in [-0.25, -0.2) is 0 Å². The van der Waals surface area contributed by atoms with E-state index in [1.54, 1.807) is 12.1 Å². The minimum absolute atomic E-state index is 0.178. The molecule has 0 heterocycles. The number of halogens is 3. The maximum absolute atomic E-state index is 13.0. The Balaban J connectivity index is 2.35. The summed E-state index contributed by atoms with van der Waals surface area (Å²) in [5.74, 6) is 0.837. The molecule has 0 aromatic heterocycles. The summed E-state index contributed by atoms with van der Waals surface area (Å²) in [5.41, 5.74) is -0.115. The average molecular weight is 257 g/mol. The fourth-order valence-electron chi connectivity index (χ4n) is 2.55. The van der Waals surface area contributed by atoms with Crippen LogP contribution in [-0.4, -0.2) is 6.54 Å². The van der Waals surface area contributed by atoms with Crippen LogP contribution in [0.3, 0.4) is 0 Å². The number of benzene rings is 1. The normalized spacial score (nSPS) is 24.9. The summed E-state index contributed by atoms with van der Waals surface area (Å²) in [6.07, 6.45) is -3.27. The van der Waals surface area contributed by atoms with Gasteiger partial charge in [0.1, 0.15) is 0 Å². The highest BCUT2D eigenvalue weighted by molar-refractivity contribution is 5.33. The number of nitrogens with one attached hydrogen (secondary N) is 1. The molecule has 1 aromatic rings. The van der Waals surface area contributed by atoms with Gasteiger partial charge in [0.2, 0.25) is 0 Å². The molecule has 1 fully saturated rings. The van der Waals surface area contributed by atoms with Crippen molar-refractivity contribution in [3.8, 4) is 0 Å². The van der Waals surface area contributed by atoms with Crippen molar-refractivity contribution in [2.24, 2.45) is 11.8 Å². The smallest absolute Gasteiger partial charge is 0.310 e. The molecule has 0 spiro atoms. The first-order valence-electron chi connectivity index (χ1n) is 6.34. The second kappa shape index (κ2) is 4.92. The van der Waals surface area contributed by atoms with Gasteiger partial charge >= 0.3 is 6.18 Å². The van der Waals surface area contributed by atoms with Gasteiger partial charge in [-0.15, -0.1) is 0 Å². The largest absolute Gasteiger partial charge is 0.416 e. The fourth-order valence-corrected chi connectivity index (χ4v) is 2.55. The Kier molecular flexibility index (Phi) is 3.66. The van der Waals surface area contributed by atoms with Crippen LogP contribution in [0.5, 0.6) is 0 Å². The summed E-state index contributed by atoms with van der Waals surface area (Å²) in [5, 5.41) is 3.20. The summed E-state index contributed by atoms with van der Waals surface area (Å²) in [6.45, 7) is 4.70. The highest BCUT2D eigenvalue weighted by atomic mass is 19.4. The summed E-state index contributed by atoms with van der Waals surface area (Å²) >= 11 is 0. The van der Waals surface area contributed by atoms with Crippen LogP contribution in [0.1, 0.15) is 37.4 Å². The minimum atomic E-state index is -4.28. The first-order chi connectivity index (χ1) is 8.45. The van der Waals surface area contributed by atoms with Crippen molar-refractivity contribution in [1.29, 1.82) is 0 Å². The van der Waals surface area contributed by atoms with E-state index < -0.39 is 11.7 Å². The van der Waals surface area contributed by atoms with Gasteiger partial charge in [-0.05, 0) is 36.4 Å². The van der Waals surface area contributed by atoms with E-state index >= 15 is 0 Å². The maximum Gasteiger partial charge on any atom is 0.416 e. The van der Waals surface area contributed by atoms with Crippen LogP contribution in [0.2, 0.25) is 0 Å². The minimum Gasteiger partial charge on any atom is -0.310 e. The molecular formula is C14H18F3N. The lowest BCUT2D eigenvalue weighted by molar-refractivity contribution is -0.138. The van der Waals surface area contributed by atoms with Crippen molar-refractivity contribution in [3.05, 3.63) is 35.4 Å². The third-order valence-corrected chi connectivity index (χ3v) is 3.63. The lowest BCUT2D eigenvalue weighted by atomic mass is 9.95. The first kappa shape index (κ1) is 13.4. The molecule has 0 bridgehead atoms. The molecule has 0 amide bonds.